The Morgan fingerprint density at radius 3 is 2.17 bits per heavy atom. The number of carbonyl (C=O) groups excluding carboxylic acids is 2. The number of allylic oxidation sites excluding steroid dienone is 1. The molecule has 0 aromatic heterocycles. The van der Waals surface area contributed by atoms with Crippen molar-refractivity contribution >= 4 is 35.1 Å². The number of hydrogen-bond acceptors (Lipinski definition) is 9. The number of nitrogens with zero attached hydrogens (tertiary/aromatic N) is 5. The molecular weight excluding hydrogens is 446 g/mol. The molecule has 2 aliphatic heterocycles. The van der Waals surface area contributed by atoms with Crippen molar-refractivity contribution in [3.63, 3.8) is 0 Å². The van der Waals surface area contributed by atoms with E-state index in [9.17, 15) is 9.59 Å². The van der Waals surface area contributed by atoms with Crippen molar-refractivity contribution in [1.29, 1.82) is 0 Å². The Balaban J connectivity index is 1.91. The first-order valence-corrected chi connectivity index (χ1v) is 11.5. The van der Waals surface area contributed by atoms with E-state index in [4.69, 9.17) is 14.5 Å². The Morgan fingerprint density at radius 1 is 0.943 bits per heavy atom. The van der Waals surface area contributed by atoms with E-state index in [0.717, 1.165) is 16.9 Å². The van der Waals surface area contributed by atoms with Gasteiger partial charge in [-0.25, -0.2) is 14.6 Å². The molecule has 0 bridgehead atoms. The lowest BCUT2D eigenvalue weighted by molar-refractivity contribution is -0.139. The van der Waals surface area contributed by atoms with Gasteiger partial charge >= 0.3 is 11.9 Å². The topological polar surface area (TPSA) is 87.0 Å². The molecule has 182 valence electrons. The fourth-order valence-electron chi connectivity index (χ4n) is 4.08. The van der Waals surface area contributed by atoms with Crippen molar-refractivity contribution in [3.8, 4) is 0 Å². The van der Waals surface area contributed by atoms with Gasteiger partial charge in [0.25, 0.3) is 0 Å². The number of amidine groups is 1. The van der Waals surface area contributed by atoms with E-state index < -0.39 is 18.0 Å². The maximum absolute atomic E-state index is 13.2. The van der Waals surface area contributed by atoms with Crippen molar-refractivity contribution in [2.45, 2.75) is 26.8 Å². The summed E-state index contributed by atoms with van der Waals surface area (Å²) in [5.74, 6) is -0.635. The zero-order valence-corrected chi connectivity index (χ0v) is 20.6. The number of fused-ring (bicyclic) bond motifs is 1. The zero-order valence-electron chi connectivity index (χ0n) is 20.6. The molecule has 0 aliphatic carbocycles. The molecule has 9 heteroatoms. The molecule has 0 spiro atoms. The van der Waals surface area contributed by atoms with Gasteiger partial charge in [-0.05, 0) is 50.6 Å². The zero-order chi connectivity index (χ0) is 25.1. The first-order valence-electron chi connectivity index (χ1n) is 11.5. The van der Waals surface area contributed by atoms with Crippen LogP contribution in [0.2, 0.25) is 0 Å². The number of hydrogen-bond donors (Lipinski definition) is 0. The quantitative estimate of drug-likeness (QED) is 0.565. The molecule has 2 aliphatic rings. The largest absolute Gasteiger partial charge is 0.463 e. The van der Waals surface area contributed by atoms with E-state index in [0.29, 0.717) is 17.2 Å². The maximum Gasteiger partial charge on any atom is 0.376 e. The Labute approximate surface area is 204 Å². The predicted octanol–water partition coefficient (Wildman–Crippen LogP) is 3.70. The van der Waals surface area contributed by atoms with Crippen molar-refractivity contribution in [1.82, 2.24) is 4.90 Å². The number of para-hydroxylation sites is 1. The maximum atomic E-state index is 13.2. The van der Waals surface area contributed by atoms with Crippen molar-refractivity contribution in [2.24, 2.45) is 10.1 Å². The molecule has 0 amide bonds. The molecule has 9 nitrogen and oxygen atoms in total. The summed E-state index contributed by atoms with van der Waals surface area (Å²) in [6, 6.07) is 16.5. The van der Waals surface area contributed by atoms with E-state index in [1.807, 2.05) is 73.6 Å². The molecule has 1 unspecified atom stereocenters. The molecule has 2 heterocycles. The van der Waals surface area contributed by atoms with Gasteiger partial charge in [-0.1, -0.05) is 30.3 Å². The minimum absolute atomic E-state index is 0.0467. The van der Waals surface area contributed by atoms with Gasteiger partial charge in [0.1, 0.15) is 0 Å². The monoisotopic (exact) mass is 475 g/mol. The first-order chi connectivity index (χ1) is 16.9. The van der Waals surface area contributed by atoms with Gasteiger partial charge in [-0.3, -0.25) is 4.90 Å². The number of anilines is 2. The normalized spacial score (nSPS) is 17.0. The number of aliphatic imine (C=N–C) groups is 1. The van der Waals surface area contributed by atoms with E-state index in [2.05, 4.69) is 5.10 Å². The Kier molecular flexibility index (Phi) is 6.86. The van der Waals surface area contributed by atoms with Gasteiger partial charge < -0.3 is 14.4 Å². The average molecular weight is 476 g/mol. The molecule has 35 heavy (non-hydrogen) atoms. The minimum Gasteiger partial charge on any atom is -0.463 e. The van der Waals surface area contributed by atoms with Crippen LogP contribution in [0.5, 0.6) is 0 Å². The SMILES string of the molecule is CCOC(=O)C1=NN(c2ccccc2)C2=NC(C)=C(C(=O)OCC)C(c3ccc(N(C)C)cc3)N12. The van der Waals surface area contributed by atoms with Crippen molar-refractivity contribution in [2.75, 3.05) is 37.2 Å². The van der Waals surface area contributed by atoms with Crippen LogP contribution in [-0.4, -0.2) is 55.9 Å². The summed E-state index contributed by atoms with van der Waals surface area (Å²) in [6.07, 6.45) is 0. The molecular formula is C26H29N5O4. The van der Waals surface area contributed by atoms with Crippen LogP contribution in [0.15, 0.2) is 76.0 Å². The third-order valence-electron chi connectivity index (χ3n) is 5.70. The van der Waals surface area contributed by atoms with Crippen LogP contribution in [0.1, 0.15) is 32.4 Å². The second-order valence-corrected chi connectivity index (χ2v) is 8.18. The first kappa shape index (κ1) is 24.0. The van der Waals surface area contributed by atoms with Gasteiger partial charge in [-0.2, -0.15) is 5.01 Å². The molecule has 0 saturated carbocycles. The lowest BCUT2D eigenvalue weighted by atomic mass is 9.93. The summed E-state index contributed by atoms with van der Waals surface area (Å²) >= 11 is 0. The predicted molar refractivity (Wildman–Crippen MR) is 135 cm³/mol. The molecule has 2 aromatic rings. The number of esters is 2. The summed E-state index contributed by atoms with van der Waals surface area (Å²) < 4.78 is 10.7. The lowest BCUT2D eigenvalue weighted by Gasteiger charge is -2.35. The fraction of sp³-hybridized carbons (Fsp3) is 0.308. The van der Waals surface area contributed by atoms with Crippen LogP contribution >= 0.6 is 0 Å². The molecule has 2 aromatic carbocycles. The van der Waals surface area contributed by atoms with E-state index in [-0.39, 0.29) is 19.0 Å². The summed E-state index contributed by atoms with van der Waals surface area (Å²) in [7, 11) is 3.91. The smallest absolute Gasteiger partial charge is 0.376 e. The Bertz CT molecular complexity index is 1200. The Morgan fingerprint density at radius 2 is 1.57 bits per heavy atom. The van der Waals surface area contributed by atoms with Crippen LogP contribution < -0.4 is 9.91 Å². The summed E-state index contributed by atoms with van der Waals surface area (Å²) in [6.45, 7) is 5.66. The van der Waals surface area contributed by atoms with Crippen molar-refractivity contribution < 1.29 is 19.1 Å². The third kappa shape index (κ3) is 4.49. The highest BCUT2D eigenvalue weighted by atomic mass is 16.5. The molecule has 1 atom stereocenters. The molecule has 4 rings (SSSR count). The lowest BCUT2D eigenvalue weighted by Crippen LogP contribution is -2.47. The Hall–Kier alpha value is -4.14. The number of hydrazone groups is 1. The summed E-state index contributed by atoms with van der Waals surface area (Å²) in [5, 5.41) is 6.20. The van der Waals surface area contributed by atoms with E-state index >= 15 is 0 Å². The second-order valence-electron chi connectivity index (χ2n) is 8.18. The van der Waals surface area contributed by atoms with E-state index in [1.54, 1.807) is 30.7 Å². The van der Waals surface area contributed by atoms with Gasteiger partial charge in [-0.15, -0.1) is 5.10 Å². The number of rotatable bonds is 7. The number of carbonyl (C=O) groups is 2. The van der Waals surface area contributed by atoms with Crippen LogP contribution in [0, 0.1) is 0 Å². The third-order valence-corrected chi connectivity index (χ3v) is 5.70. The second kappa shape index (κ2) is 10.0. The van der Waals surface area contributed by atoms with Gasteiger partial charge in [0.2, 0.25) is 11.8 Å². The number of benzene rings is 2. The molecule has 0 radical (unpaired) electrons. The molecule has 0 saturated heterocycles. The highest BCUT2D eigenvalue weighted by Crippen LogP contribution is 2.40. The number of guanidine groups is 1. The van der Waals surface area contributed by atoms with Gasteiger partial charge in [0.15, 0.2) is 0 Å². The summed E-state index contributed by atoms with van der Waals surface area (Å²) in [4.78, 5) is 34.6. The van der Waals surface area contributed by atoms with Crippen LogP contribution in [0.4, 0.5) is 11.4 Å². The van der Waals surface area contributed by atoms with Crippen LogP contribution in [0.25, 0.3) is 0 Å². The standard InChI is InChI=1S/C26H29N5O4/c1-6-34-24(32)21-17(3)27-26-30(22(21)18-13-15-19(16-14-18)29(4)5)23(25(33)35-7-2)28-31(26)20-11-9-8-10-12-20/h8-16,22H,6-7H2,1-5H3. The van der Waals surface area contributed by atoms with E-state index in [1.165, 1.54) is 0 Å². The number of ether oxygens (including phenoxy) is 2. The van der Waals surface area contributed by atoms with Crippen LogP contribution in [0.3, 0.4) is 0 Å². The van der Waals surface area contributed by atoms with Crippen LogP contribution in [-0.2, 0) is 19.1 Å². The average Bonchev–Trinajstić information content (AvgIpc) is 3.23. The van der Waals surface area contributed by atoms with Gasteiger partial charge in [0.05, 0.1) is 36.2 Å². The van der Waals surface area contributed by atoms with Crippen molar-refractivity contribution in [3.05, 3.63) is 71.4 Å². The highest BCUT2D eigenvalue weighted by Gasteiger charge is 2.47. The highest BCUT2D eigenvalue weighted by molar-refractivity contribution is 6.41. The fourth-order valence-corrected chi connectivity index (χ4v) is 4.08. The molecule has 0 N–H and O–H groups in total. The minimum atomic E-state index is -0.686. The molecule has 0 fully saturated rings. The summed E-state index contributed by atoms with van der Waals surface area (Å²) in [5.41, 5.74) is 3.36. The van der Waals surface area contributed by atoms with Gasteiger partial charge in [0, 0.05) is 19.8 Å².